The molecule has 6 heteroatoms. The summed E-state index contributed by atoms with van der Waals surface area (Å²) in [6.07, 6.45) is 0. The van der Waals surface area contributed by atoms with Crippen molar-refractivity contribution in [1.82, 2.24) is 4.31 Å². The van der Waals surface area contributed by atoms with Gasteiger partial charge in [0.2, 0.25) is 10.0 Å². The molecule has 0 spiro atoms. The topological polar surface area (TPSA) is 62.6 Å². The monoisotopic (exact) mass is 308 g/mol. The standard InChI is InChI=1S/C15H20N2O3S/c1-11-8-9-15(20-11)12(2)16-13-6-5-7-14(10-13)21(18,19)17(3)4/h5-10,12,16H,1-4H3. The lowest BCUT2D eigenvalue weighted by Crippen LogP contribution is -2.22. The number of anilines is 1. The van der Waals surface area contributed by atoms with Crippen LogP contribution in [0.3, 0.4) is 0 Å². The number of furan rings is 1. The number of hydrogen-bond donors (Lipinski definition) is 1. The first-order valence-electron chi connectivity index (χ1n) is 6.66. The van der Waals surface area contributed by atoms with Crippen LogP contribution in [0.4, 0.5) is 5.69 Å². The minimum absolute atomic E-state index is 0.0454. The average Bonchev–Trinajstić information content (AvgIpc) is 2.85. The zero-order chi connectivity index (χ0) is 15.6. The molecule has 1 unspecified atom stereocenters. The molecule has 2 aromatic rings. The molecular weight excluding hydrogens is 288 g/mol. The van der Waals surface area contributed by atoms with E-state index in [9.17, 15) is 8.42 Å². The first-order valence-corrected chi connectivity index (χ1v) is 8.10. The smallest absolute Gasteiger partial charge is 0.242 e. The summed E-state index contributed by atoms with van der Waals surface area (Å²) in [6.45, 7) is 3.85. The van der Waals surface area contributed by atoms with Crippen LogP contribution in [-0.4, -0.2) is 26.8 Å². The zero-order valence-electron chi connectivity index (χ0n) is 12.6. The number of nitrogens with one attached hydrogen (secondary N) is 1. The summed E-state index contributed by atoms with van der Waals surface area (Å²) in [7, 11) is -0.391. The van der Waals surface area contributed by atoms with Gasteiger partial charge in [-0.3, -0.25) is 0 Å². The van der Waals surface area contributed by atoms with Gasteiger partial charge in [-0.25, -0.2) is 12.7 Å². The van der Waals surface area contributed by atoms with Crippen molar-refractivity contribution in [3.05, 3.63) is 47.9 Å². The number of sulfonamides is 1. The molecule has 0 fully saturated rings. The minimum Gasteiger partial charge on any atom is -0.464 e. The van der Waals surface area contributed by atoms with E-state index < -0.39 is 10.0 Å². The molecule has 1 aromatic carbocycles. The summed E-state index contributed by atoms with van der Waals surface area (Å²) < 4.78 is 31.0. The van der Waals surface area contributed by atoms with Gasteiger partial charge in [-0.1, -0.05) is 6.07 Å². The Morgan fingerprint density at radius 1 is 1.19 bits per heavy atom. The van der Waals surface area contributed by atoms with Crippen molar-refractivity contribution >= 4 is 15.7 Å². The molecule has 1 heterocycles. The molecule has 0 aliphatic heterocycles. The van der Waals surface area contributed by atoms with Crippen molar-refractivity contribution in [2.45, 2.75) is 24.8 Å². The zero-order valence-corrected chi connectivity index (χ0v) is 13.4. The second-order valence-electron chi connectivity index (χ2n) is 5.13. The van der Waals surface area contributed by atoms with Crippen LogP contribution >= 0.6 is 0 Å². The highest BCUT2D eigenvalue weighted by atomic mass is 32.2. The van der Waals surface area contributed by atoms with Crippen LogP contribution in [0.25, 0.3) is 0 Å². The third-order valence-corrected chi connectivity index (χ3v) is 4.99. The number of hydrogen-bond acceptors (Lipinski definition) is 4. The molecule has 0 aliphatic carbocycles. The Hall–Kier alpha value is -1.79. The molecule has 0 saturated carbocycles. The van der Waals surface area contributed by atoms with E-state index in [4.69, 9.17) is 4.42 Å². The van der Waals surface area contributed by atoms with Gasteiger partial charge in [0.25, 0.3) is 0 Å². The third-order valence-electron chi connectivity index (χ3n) is 3.18. The van der Waals surface area contributed by atoms with Gasteiger partial charge in [0.05, 0.1) is 10.9 Å². The minimum atomic E-state index is -3.43. The van der Waals surface area contributed by atoms with Crippen molar-refractivity contribution in [3.8, 4) is 0 Å². The first kappa shape index (κ1) is 15.6. The largest absolute Gasteiger partial charge is 0.464 e. The number of rotatable bonds is 5. The molecule has 0 amide bonds. The Morgan fingerprint density at radius 2 is 1.90 bits per heavy atom. The fourth-order valence-corrected chi connectivity index (χ4v) is 2.91. The highest BCUT2D eigenvalue weighted by Gasteiger charge is 2.18. The number of aryl methyl sites for hydroxylation is 1. The average molecular weight is 308 g/mol. The van der Waals surface area contributed by atoms with Crippen LogP contribution in [0, 0.1) is 6.92 Å². The van der Waals surface area contributed by atoms with Crippen LogP contribution in [0.5, 0.6) is 0 Å². The highest BCUT2D eigenvalue weighted by molar-refractivity contribution is 7.89. The van der Waals surface area contributed by atoms with Gasteiger partial charge < -0.3 is 9.73 Å². The molecule has 21 heavy (non-hydrogen) atoms. The Balaban J connectivity index is 2.22. The van der Waals surface area contributed by atoms with Gasteiger partial charge in [-0.2, -0.15) is 0 Å². The molecule has 0 bridgehead atoms. The second-order valence-corrected chi connectivity index (χ2v) is 7.28. The van der Waals surface area contributed by atoms with Crippen molar-refractivity contribution in [2.75, 3.05) is 19.4 Å². The molecule has 114 valence electrons. The molecular formula is C15H20N2O3S. The lowest BCUT2D eigenvalue weighted by atomic mass is 10.2. The van der Waals surface area contributed by atoms with Crippen molar-refractivity contribution in [2.24, 2.45) is 0 Å². The third kappa shape index (κ3) is 3.46. The van der Waals surface area contributed by atoms with E-state index in [0.717, 1.165) is 17.2 Å². The molecule has 5 nitrogen and oxygen atoms in total. The molecule has 0 radical (unpaired) electrons. The predicted octanol–water partition coefficient (Wildman–Crippen LogP) is 3.01. The van der Waals surface area contributed by atoms with Crippen molar-refractivity contribution in [1.29, 1.82) is 0 Å². The van der Waals surface area contributed by atoms with E-state index in [2.05, 4.69) is 5.32 Å². The van der Waals surface area contributed by atoms with Gasteiger partial charge in [0.1, 0.15) is 11.5 Å². The number of benzene rings is 1. The molecule has 0 saturated heterocycles. The van der Waals surface area contributed by atoms with Crippen LogP contribution in [-0.2, 0) is 10.0 Å². The highest BCUT2D eigenvalue weighted by Crippen LogP contribution is 2.23. The van der Waals surface area contributed by atoms with Gasteiger partial charge in [-0.05, 0) is 44.2 Å². The summed E-state index contributed by atoms with van der Waals surface area (Å²) in [5, 5.41) is 3.25. The van der Waals surface area contributed by atoms with Crippen LogP contribution < -0.4 is 5.32 Å². The van der Waals surface area contributed by atoms with E-state index in [1.807, 2.05) is 32.0 Å². The summed E-state index contributed by atoms with van der Waals surface area (Å²) >= 11 is 0. The maximum Gasteiger partial charge on any atom is 0.242 e. The van der Waals surface area contributed by atoms with Gasteiger partial charge >= 0.3 is 0 Å². The molecule has 0 aliphatic rings. The van der Waals surface area contributed by atoms with Crippen molar-refractivity contribution < 1.29 is 12.8 Å². The molecule has 1 aromatic heterocycles. The molecule has 2 rings (SSSR count). The fourth-order valence-electron chi connectivity index (χ4n) is 1.96. The summed E-state index contributed by atoms with van der Waals surface area (Å²) in [6, 6.07) is 10.5. The van der Waals surface area contributed by atoms with E-state index in [0.29, 0.717) is 0 Å². The Bertz CT molecular complexity index is 720. The molecule has 1 atom stereocenters. The summed E-state index contributed by atoms with van der Waals surface area (Å²) in [5.41, 5.74) is 0.736. The van der Waals surface area contributed by atoms with E-state index >= 15 is 0 Å². The Labute approximate surface area is 125 Å². The van der Waals surface area contributed by atoms with Gasteiger partial charge in [-0.15, -0.1) is 0 Å². The van der Waals surface area contributed by atoms with Gasteiger partial charge in [0.15, 0.2) is 0 Å². The quantitative estimate of drug-likeness (QED) is 0.922. The lowest BCUT2D eigenvalue weighted by Gasteiger charge is -2.15. The SMILES string of the molecule is Cc1ccc(C(C)Nc2cccc(S(=O)(=O)N(C)C)c2)o1. The first-order chi connectivity index (χ1) is 9.80. The van der Waals surface area contributed by atoms with Crippen molar-refractivity contribution in [3.63, 3.8) is 0 Å². The normalized spacial score (nSPS) is 13.4. The van der Waals surface area contributed by atoms with Crippen LogP contribution in [0.15, 0.2) is 45.7 Å². The predicted molar refractivity (Wildman–Crippen MR) is 82.8 cm³/mol. The van der Waals surface area contributed by atoms with E-state index in [1.165, 1.54) is 18.4 Å². The lowest BCUT2D eigenvalue weighted by molar-refractivity contribution is 0.467. The summed E-state index contributed by atoms with van der Waals surface area (Å²) in [4.78, 5) is 0.264. The Kier molecular flexibility index (Phi) is 4.39. The maximum atomic E-state index is 12.1. The second kappa shape index (κ2) is 5.91. The molecule has 1 N–H and O–H groups in total. The summed E-state index contributed by atoms with van der Waals surface area (Å²) in [5.74, 6) is 1.66. The maximum absolute atomic E-state index is 12.1. The van der Waals surface area contributed by atoms with Crippen LogP contribution in [0.2, 0.25) is 0 Å². The van der Waals surface area contributed by atoms with E-state index in [1.54, 1.807) is 18.2 Å². The van der Waals surface area contributed by atoms with Crippen LogP contribution in [0.1, 0.15) is 24.5 Å². The number of nitrogens with zero attached hydrogens (tertiary/aromatic N) is 1. The van der Waals surface area contributed by atoms with E-state index in [-0.39, 0.29) is 10.9 Å². The Morgan fingerprint density at radius 3 is 2.48 bits per heavy atom. The fraction of sp³-hybridized carbons (Fsp3) is 0.333. The van der Waals surface area contributed by atoms with Gasteiger partial charge in [0, 0.05) is 19.8 Å².